The molecule has 238 valence electrons. The number of hydrogen-bond acceptors (Lipinski definition) is 9. The molecule has 0 bridgehead atoms. The molecule has 2 aromatic rings. The maximum Gasteiger partial charge on any atom is 0.303 e. The van der Waals surface area contributed by atoms with Crippen LogP contribution >= 0.6 is 0 Å². The SMILES string of the molecule is CC(NC(=O)CCC(=O)O)C(=O)NC(C)C(=O)N1CCC[C@H]1C(=O)NC(Cc1ccccc1)C(O)Nc1ccc(NO)cc1. The van der Waals surface area contributed by atoms with E-state index in [2.05, 4.69) is 21.3 Å². The molecule has 14 nitrogen and oxygen atoms in total. The van der Waals surface area contributed by atoms with Gasteiger partial charge in [0.15, 0.2) is 0 Å². The highest BCUT2D eigenvalue weighted by molar-refractivity contribution is 5.94. The molecule has 1 saturated heterocycles. The maximum atomic E-state index is 13.5. The van der Waals surface area contributed by atoms with E-state index in [0.717, 1.165) is 5.56 Å². The lowest BCUT2D eigenvalue weighted by Crippen LogP contribution is -2.57. The minimum absolute atomic E-state index is 0.283. The average Bonchev–Trinajstić information content (AvgIpc) is 3.50. The van der Waals surface area contributed by atoms with Crippen LogP contribution in [0.1, 0.15) is 45.1 Å². The summed E-state index contributed by atoms with van der Waals surface area (Å²) in [4.78, 5) is 63.4. The van der Waals surface area contributed by atoms with Crippen LogP contribution in [0.25, 0.3) is 0 Å². The summed E-state index contributed by atoms with van der Waals surface area (Å²) in [7, 11) is 0. The number of carbonyl (C=O) groups is 5. The lowest BCUT2D eigenvalue weighted by molar-refractivity contribution is -0.141. The van der Waals surface area contributed by atoms with Gasteiger partial charge in [0, 0.05) is 18.7 Å². The second kappa shape index (κ2) is 16.2. The Morgan fingerprint density at radius 3 is 2.18 bits per heavy atom. The van der Waals surface area contributed by atoms with E-state index in [1.54, 1.807) is 24.3 Å². The number of carboxylic acid groups (broad SMARTS) is 1. The van der Waals surface area contributed by atoms with Gasteiger partial charge in [-0.25, -0.2) is 0 Å². The van der Waals surface area contributed by atoms with Crippen LogP contribution < -0.4 is 26.7 Å². The Labute approximate surface area is 255 Å². The Bertz CT molecular complexity index is 1290. The van der Waals surface area contributed by atoms with Crippen molar-refractivity contribution < 1.29 is 39.4 Å². The van der Waals surface area contributed by atoms with Crippen molar-refractivity contribution in [1.29, 1.82) is 0 Å². The Kier molecular flexibility index (Phi) is 12.5. The highest BCUT2D eigenvalue weighted by Gasteiger charge is 2.38. The van der Waals surface area contributed by atoms with E-state index in [1.807, 2.05) is 35.8 Å². The van der Waals surface area contributed by atoms with Crippen molar-refractivity contribution in [3.63, 3.8) is 0 Å². The van der Waals surface area contributed by atoms with Crippen LogP contribution in [0, 0.1) is 0 Å². The molecule has 1 aliphatic rings. The summed E-state index contributed by atoms with van der Waals surface area (Å²) >= 11 is 0. The zero-order chi connectivity index (χ0) is 32.2. The van der Waals surface area contributed by atoms with Gasteiger partial charge in [0.05, 0.1) is 18.2 Å². The van der Waals surface area contributed by atoms with Crippen molar-refractivity contribution in [2.24, 2.45) is 0 Å². The number of hydrogen-bond donors (Lipinski definition) is 8. The molecule has 4 unspecified atom stereocenters. The number of benzene rings is 2. The molecule has 4 amide bonds. The van der Waals surface area contributed by atoms with Crippen molar-refractivity contribution in [2.75, 3.05) is 17.3 Å². The first-order valence-corrected chi connectivity index (χ1v) is 14.4. The van der Waals surface area contributed by atoms with Crippen molar-refractivity contribution in [2.45, 2.75) is 76.3 Å². The quantitative estimate of drug-likeness (QED) is 0.105. The number of nitrogens with zero attached hydrogens (tertiary/aromatic N) is 1. The average molecular weight is 613 g/mol. The summed E-state index contributed by atoms with van der Waals surface area (Å²) in [5.74, 6) is -3.30. The van der Waals surface area contributed by atoms with E-state index in [-0.39, 0.29) is 12.8 Å². The largest absolute Gasteiger partial charge is 0.481 e. The highest BCUT2D eigenvalue weighted by Crippen LogP contribution is 2.20. The number of likely N-dealkylation sites (tertiary alicyclic amines) is 1. The van der Waals surface area contributed by atoms with E-state index in [4.69, 9.17) is 10.3 Å². The van der Waals surface area contributed by atoms with Crippen molar-refractivity contribution in [3.05, 3.63) is 60.2 Å². The minimum atomic E-state index is -1.21. The summed E-state index contributed by atoms with van der Waals surface area (Å²) in [5.41, 5.74) is 3.93. The van der Waals surface area contributed by atoms with Crippen molar-refractivity contribution in [3.8, 4) is 0 Å². The highest BCUT2D eigenvalue weighted by atomic mass is 16.5. The third-order valence-electron chi connectivity index (χ3n) is 7.24. The van der Waals surface area contributed by atoms with Crippen molar-refractivity contribution >= 4 is 41.0 Å². The van der Waals surface area contributed by atoms with Gasteiger partial charge in [-0.2, -0.15) is 0 Å². The predicted octanol–water partition coefficient (Wildman–Crippen LogP) is 0.811. The van der Waals surface area contributed by atoms with Gasteiger partial charge in [-0.15, -0.1) is 0 Å². The summed E-state index contributed by atoms with van der Waals surface area (Å²) in [6, 6.07) is 12.2. The molecule has 5 atom stereocenters. The summed E-state index contributed by atoms with van der Waals surface area (Å²) in [5, 5.41) is 39.7. The van der Waals surface area contributed by atoms with Gasteiger partial charge in [-0.3, -0.25) is 34.7 Å². The van der Waals surface area contributed by atoms with E-state index in [1.165, 1.54) is 18.7 Å². The minimum Gasteiger partial charge on any atom is -0.481 e. The Morgan fingerprint density at radius 2 is 1.55 bits per heavy atom. The molecule has 3 rings (SSSR count). The zero-order valence-electron chi connectivity index (χ0n) is 24.7. The molecule has 0 aliphatic carbocycles. The van der Waals surface area contributed by atoms with Crippen molar-refractivity contribution in [1.82, 2.24) is 20.9 Å². The Morgan fingerprint density at radius 1 is 0.886 bits per heavy atom. The number of amides is 4. The van der Waals surface area contributed by atoms with Gasteiger partial charge < -0.3 is 36.4 Å². The molecule has 2 aromatic carbocycles. The second-order valence-electron chi connectivity index (χ2n) is 10.7. The van der Waals surface area contributed by atoms with Crippen LogP contribution in [-0.4, -0.2) is 86.9 Å². The van der Waals surface area contributed by atoms with Crippen LogP contribution in [-0.2, 0) is 30.4 Å². The number of aliphatic carboxylic acids is 1. The van der Waals surface area contributed by atoms with Crippen LogP contribution in [0.2, 0.25) is 0 Å². The first-order chi connectivity index (χ1) is 21.0. The Balaban J connectivity index is 1.64. The van der Waals surface area contributed by atoms with Crippen LogP contribution in [0.15, 0.2) is 54.6 Å². The molecule has 44 heavy (non-hydrogen) atoms. The molecular formula is C30H40N6O8. The number of aliphatic hydroxyl groups excluding tert-OH is 1. The monoisotopic (exact) mass is 612 g/mol. The topological polar surface area (TPSA) is 209 Å². The Hall–Kier alpha value is -4.69. The van der Waals surface area contributed by atoms with Gasteiger partial charge in [0.2, 0.25) is 23.6 Å². The fourth-order valence-electron chi connectivity index (χ4n) is 4.85. The lowest BCUT2D eigenvalue weighted by Gasteiger charge is -2.31. The molecule has 0 saturated carbocycles. The molecule has 0 spiro atoms. The molecule has 0 aromatic heterocycles. The smallest absolute Gasteiger partial charge is 0.303 e. The second-order valence-corrected chi connectivity index (χ2v) is 10.7. The van der Waals surface area contributed by atoms with E-state index < -0.39 is 60.0 Å². The maximum absolute atomic E-state index is 13.5. The van der Waals surface area contributed by atoms with Crippen LogP contribution in [0.3, 0.4) is 0 Å². The third kappa shape index (κ3) is 9.95. The molecule has 8 N–H and O–H groups in total. The summed E-state index contributed by atoms with van der Waals surface area (Å²) in [6.07, 6.45) is -0.609. The number of carboxylic acids is 1. The van der Waals surface area contributed by atoms with Gasteiger partial charge in [-0.05, 0) is 62.9 Å². The normalized spacial score (nSPS) is 17.0. The van der Waals surface area contributed by atoms with Crippen LogP contribution in [0.5, 0.6) is 0 Å². The predicted molar refractivity (Wildman–Crippen MR) is 160 cm³/mol. The zero-order valence-corrected chi connectivity index (χ0v) is 24.7. The molecule has 1 fully saturated rings. The van der Waals surface area contributed by atoms with E-state index >= 15 is 0 Å². The lowest BCUT2D eigenvalue weighted by atomic mass is 10.0. The molecule has 14 heteroatoms. The standard InChI is InChI=1S/C30H40N6O8/c1-18(31-25(37)14-15-26(38)39)27(40)32-19(2)30(43)36-16-6-9-24(36)29(42)34-23(17-20-7-4-3-5-8-20)28(41)33-21-10-12-22(35-44)13-11-21/h3-5,7-8,10-13,18-19,23-24,28,33,35,41,44H,6,9,14-17H2,1-2H3,(H,31,37)(H,32,40)(H,34,42)(H,38,39)/t18?,19?,23?,24-,28?/m0/s1. The first-order valence-electron chi connectivity index (χ1n) is 14.4. The number of nitrogens with one attached hydrogen (secondary N) is 5. The fraction of sp³-hybridized carbons (Fsp3) is 0.433. The summed E-state index contributed by atoms with van der Waals surface area (Å²) < 4.78 is 0. The first kappa shape index (κ1) is 33.8. The fourth-order valence-corrected chi connectivity index (χ4v) is 4.85. The van der Waals surface area contributed by atoms with Gasteiger partial charge >= 0.3 is 5.97 Å². The molecular weight excluding hydrogens is 572 g/mol. The third-order valence-corrected chi connectivity index (χ3v) is 7.24. The molecule has 1 heterocycles. The van der Waals surface area contributed by atoms with Crippen LogP contribution in [0.4, 0.5) is 11.4 Å². The molecule has 0 radical (unpaired) electrons. The number of anilines is 2. The van der Waals surface area contributed by atoms with Gasteiger partial charge in [0.25, 0.3) is 0 Å². The number of aliphatic hydroxyl groups is 1. The number of carbonyl (C=O) groups excluding carboxylic acids is 4. The van der Waals surface area contributed by atoms with Gasteiger partial charge in [0.1, 0.15) is 24.4 Å². The summed E-state index contributed by atoms with van der Waals surface area (Å²) in [6.45, 7) is 3.20. The number of rotatable bonds is 15. The van der Waals surface area contributed by atoms with Gasteiger partial charge in [-0.1, -0.05) is 30.3 Å². The van der Waals surface area contributed by atoms with E-state index in [9.17, 15) is 29.1 Å². The molecule has 1 aliphatic heterocycles. The van der Waals surface area contributed by atoms with E-state index in [0.29, 0.717) is 37.2 Å².